The number of hydrogen-bond acceptors (Lipinski definition) is 4. The summed E-state index contributed by atoms with van der Waals surface area (Å²) in [6, 6.07) is 19.9. The number of rotatable bonds is 10. The van der Waals surface area contributed by atoms with Crippen molar-refractivity contribution in [2.75, 3.05) is 12.4 Å². The van der Waals surface area contributed by atoms with E-state index >= 15 is 0 Å². The molecule has 0 aliphatic carbocycles. The Morgan fingerprint density at radius 1 is 1.03 bits per heavy atom. The molecule has 0 spiro atoms. The minimum atomic E-state index is -0.480. The Bertz CT molecular complexity index is 803. The lowest BCUT2D eigenvalue weighted by atomic mass is 10.2. The minimum absolute atomic E-state index is 0.242. The van der Waals surface area contributed by atoms with Crippen molar-refractivity contribution in [1.29, 1.82) is 0 Å². The summed E-state index contributed by atoms with van der Waals surface area (Å²) in [6.07, 6.45) is 1.59. The maximum atomic E-state index is 12.8. The maximum absolute atomic E-state index is 12.8. The largest absolute Gasteiger partial charge is 0.465 e. The summed E-state index contributed by atoms with van der Waals surface area (Å²) >= 11 is 1.72. The van der Waals surface area contributed by atoms with E-state index in [0.29, 0.717) is 13.2 Å². The molecule has 2 aromatic carbocycles. The molecule has 0 radical (unpaired) electrons. The van der Waals surface area contributed by atoms with Gasteiger partial charge in [-0.25, -0.2) is 0 Å². The Hall–Kier alpha value is -2.53. The van der Waals surface area contributed by atoms with Gasteiger partial charge in [-0.3, -0.25) is 9.59 Å². The third kappa shape index (κ3) is 9.01. The molecule has 29 heavy (non-hydrogen) atoms. The monoisotopic (exact) mass is 411 g/mol. The number of benzene rings is 2. The van der Waals surface area contributed by atoms with Crippen molar-refractivity contribution in [2.24, 2.45) is 5.92 Å². The summed E-state index contributed by atoms with van der Waals surface area (Å²) in [5.41, 5.74) is 2.06. The second-order valence-corrected chi connectivity index (χ2v) is 8.39. The van der Waals surface area contributed by atoms with Gasteiger partial charge in [-0.2, -0.15) is 0 Å². The second-order valence-electron chi connectivity index (χ2n) is 7.34. The average Bonchev–Trinajstić information content (AvgIpc) is 2.72. The zero-order valence-corrected chi connectivity index (χ0v) is 18.2. The highest BCUT2D eigenvalue weighted by Crippen LogP contribution is 2.20. The lowest BCUT2D eigenvalue weighted by molar-refractivity contribution is -0.149. The van der Waals surface area contributed by atoms with Crippen LogP contribution in [0.1, 0.15) is 32.8 Å². The molecular formula is C24H29NO3S. The van der Waals surface area contributed by atoms with Crippen molar-refractivity contribution in [3.8, 4) is 0 Å². The molecule has 0 aliphatic rings. The number of ether oxygens (including phenoxy) is 1. The van der Waals surface area contributed by atoms with Crippen LogP contribution in [0.2, 0.25) is 0 Å². The first-order valence-corrected chi connectivity index (χ1v) is 10.8. The van der Waals surface area contributed by atoms with E-state index in [4.69, 9.17) is 4.74 Å². The predicted octanol–water partition coefficient (Wildman–Crippen LogP) is 5.30. The Morgan fingerprint density at radius 3 is 2.28 bits per heavy atom. The van der Waals surface area contributed by atoms with E-state index in [9.17, 15) is 9.59 Å². The molecular weight excluding hydrogens is 382 g/mol. The molecule has 0 bridgehead atoms. The van der Waals surface area contributed by atoms with Gasteiger partial charge >= 0.3 is 5.97 Å². The average molecular weight is 412 g/mol. The topological polar surface area (TPSA) is 46.6 Å². The molecule has 0 aromatic heterocycles. The van der Waals surface area contributed by atoms with Crippen LogP contribution in [0.4, 0.5) is 0 Å². The molecule has 2 aromatic rings. The van der Waals surface area contributed by atoms with Gasteiger partial charge in [-0.1, -0.05) is 62.4 Å². The zero-order chi connectivity index (χ0) is 21.1. The molecule has 154 valence electrons. The smallest absolute Gasteiger partial charge is 0.315 e. The first kappa shape index (κ1) is 22.8. The highest BCUT2D eigenvalue weighted by atomic mass is 32.2. The number of esters is 1. The molecule has 2 rings (SSSR count). The maximum Gasteiger partial charge on any atom is 0.315 e. The van der Waals surface area contributed by atoms with Gasteiger partial charge in [0.25, 0.3) is 0 Å². The lowest BCUT2D eigenvalue weighted by Crippen LogP contribution is -2.29. The molecule has 0 unspecified atom stereocenters. The van der Waals surface area contributed by atoms with E-state index in [1.54, 1.807) is 16.7 Å². The van der Waals surface area contributed by atoms with Crippen LogP contribution in [0.15, 0.2) is 77.3 Å². The van der Waals surface area contributed by atoms with Crippen LogP contribution in [0.25, 0.3) is 0 Å². The van der Waals surface area contributed by atoms with Crippen molar-refractivity contribution in [3.05, 3.63) is 78.0 Å². The van der Waals surface area contributed by atoms with E-state index in [-0.39, 0.29) is 18.2 Å². The van der Waals surface area contributed by atoms with Crippen LogP contribution in [-0.4, -0.2) is 29.1 Å². The van der Waals surface area contributed by atoms with Crippen molar-refractivity contribution < 1.29 is 14.3 Å². The highest BCUT2D eigenvalue weighted by molar-refractivity contribution is 7.99. The molecule has 0 heterocycles. The lowest BCUT2D eigenvalue weighted by Gasteiger charge is -2.20. The van der Waals surface area contributed by atoms with Crippen molar-refractivity contribution >= 4 is 23.6 Å². The number of thioether (sulfide) groups is 1. The molecule has 0 saturated heterocycles. The number of carbonyl (C=O) groups is 2. The van der Waals surface area contributed by atoms with Crippen LogP contribution in [0, 0.1) is 5.92 Å². The van der Waals surface area contributed by atoms with E-state index in [1.807, 2.05) is 75.5 Å². The van der Waals surface area contributed by atoms with Crippen LogP contribution in [0.3, 0.4) is 0 Å². The van der Waals surface area contributed by atoms with Gasteiger partial charge in [0.2, 0.25) is 5.91 Å². The first-order chi connectivity index (χ1) is 13.9. The molecule has 5 heteroatoms. The number of hydrogen-bond donors (Lipinski definition) is 0. The Labute approximate surface area is 177 Å². The second kappa shape index (κ2) is 12.1. The van der Waals surface area contributed by atoms with Crippen molar-refractivity contribution in [3.63, 3.8) is 0 Å². The predicted molar refractivity (Wildman–Crippen MR) is 118 cm³/mol. The van der Waals surface area contributed by atoms with E-state index in [0.717, 1.165) is 16.9 Å². The summed E-state index contributed by atoms with van der Waals surface area (Å²) in [4.78, 5) is 27.6. The fourth-order valence-electron chi connectivity index (χ4n) is 2.54. The van der Waals surface area contributed by atoms with Crippen LogP contribution < -0.4 is 0 Å². The summed E-state index contributed by atoms with van der Waals surface area (Å²) in [5.74, 6) is 0.269. The minimum Gasteiger partial charge on any atom is -0.465 e. The third-order valence-corrected chi connectivity index (χ3v) is 5.18. The molecule has 0 atom stereocenters. The van der Waals surface area contributed by atoms with E-state index in [1.165, 1.54) is 4.90 Å². The van der Waals surface area contributed by atoms with Gasteiger partial charge < -0.3 is 9.64 Å². The van der Waals surface area contributed by atoms with Crippen molar-refractivity contribution in [1.82, 2.24) is 4.90 Å². The van der Waals surface area contributed by atoms with Gasteiger partial charge in [0.15, 0.2) is 0 Å². The standard InChI is InChI=1S/C24H29NO3S/c1-19(2)17-28-24(27)14-23(26)25(16-21-10-6-4-7-11-21)15-20(3)18-29-22-12-8-5-9-13-22/h4-13,15,19H,14,16-18H2,1-3H3/b20-15+. The number of amides is 1. The van der Waals surface area contributed by atoms with E-state index in [2.05, 4.69) is 12.1 Å². The van der Waals surface area contributed by atoms with Gasteiger partial charge in [0, 0.05) is 16.8 Å². The quantitative estimate of drug-likeness (QED) is 0.302. The fourth-order valence-corrected chi connectivity index (χ4v) is 3.36. The molecule has 0 N–H and O–H groups in total. The van der Waals surface area contributed by atoms with E-state index < -0.39 is 5.97 Å². The van der Waals surface area contributed by atoms with Crippen LogP contribution in [0.5, 0.6) is 0 Å². The molecule has 0 aliphatic heterocycles. The zero-order valence-electron chi connectivity index (χ0n) is 17.3. The first-order valence-electron chi connectivity index (χ1n) is 9.78. The van der Waals surface area contributed by atoms with Gasteiger partial charge in [-0.05, 0) is 36.1 Å². The van der Waals surface area contributed by atoms with Crippen LogP contribution >= 0.6 is 11.8 Å². The molecule has 1 amide bonds. The molecule has 4 nitrogen and oxygen atoms in total. The highest BCUT2D eigenvalue weighted by Gasteiger charge is 2.18. The van der Waals surface area contributed by atoms with Gasteiger partial charge in [-0.15, -0.1) is 11.8 Å². The third-order valence-electron chi connectivity index (χ3n) is 3.98. The molecule has 0 saturated carbocycles. The normalized spacial score (nSPS) is 11.4. The Kier molecular flexibility index (Phi) is 9.51. The summed E-state index contributed by atoms with van der Waals surface area (Å²) in [6.45, 7) is 6.68. The Balaban J connectivity index is 2.04. The van der Waals surface area contributed by atoms with Gasteiger partial charge in [0.1, 0.15) is 6.42 Å². The number of carbonyl (C=O) groups excluding carboxylic acids is 2. The fraction of sp³-hybridized carbons (Fsp3) is 0.333. The van der Waals surface area contributed by atoms with Crippen molar-refractivity contribution in [2.45, 2.75) is 38.6 Å². The van der Waals surface area contributed by atoms with Gasteiger partial charge in [0.05, 0.1) is 13.2 Å². The number of nitrogens with zero attached hydrogens (tertiary/aromatic N) is 1. The van der Waals surface area contributed by atoms with Crippen LogP contribution in [-0.2, 0) is 20.9 Å². The SMILES string of the molecule is C/C(=C\N(Cc1ccccc1)C(=O)CC(=O)OCC(C)C)CSc1ccccc1. The summed E-state index contributed by atoms with van der Waals surface area (Å²) < 4.78 is 5.17. The molecule has 0 fully saturated rings. The summed E-state index contributed by atoms with van der Waals surface area (Å²) in [7, 11) is 0. The summed E-state index contributed by atoms with van der Waals surface area (Å²) in [5, 5.41) is 0. The Morgan fingerprint density at radius 2 is 1.66 bits per heavy atom.